The number of carbonyl (C=O) groups is 2. The molecule has 1 aromatic carbocycles. The summed E-state index contributed by atoms with van der Waals surface area (Å²) in [7, 11) is 0. The van der Waals surface area contributed by atoms with Crippen LogP contribution in [-0.4, -0.2) is 11.9 Å². The maximum Gasteiger partial charge on any atom is 0.348 e. The molecule has 1 aliphatic rings. The van der Waals surface area contributed by atoms with Gasteiger partial charge in [0.15, 0.2) is 0 Å². The van der Waals surface area contributed by atoms with Crippen molar-refractivity contribution >= 4 is 79.7 Å². The first-order chi connectivity index (χ1) is 6.52. The van der Waals surface area contributed by atoms with E-state index in [0.29, 0.717) is 11.1 Å². The van der Waals surface area contributed by atoms with Gasteiger partial charge >= 0.3 is 11.9 Å². The van der Waals surface area contributed by atoms with Gasteiger partial charge in [0, 0.05) is 10.7 Å². The molecule has 3 nitrogen and oxygen atoms in total. The fourth-order valence-corrected chi connectivity index (χ4v) is 3.47. The molecule has 0 bridgehead atoms. The largest absolute Gasteiger partial charge is 0.386 e. The Morgan fingerprint density at radius 2 is 1.64 bits per heavy atom. The third-order valence-electron chi connectivity index (χ3n) is 1.77. The van der Waals surface area contributed by atoms with Gasteiger partial charge in [0.25, 0.3) is 0 Å². The Kier molecular flexibility index (Phi) is 3.04. The molecule has 14 heavy (non-hydrogen) atoms. The smallest absolute Gasteiger partial charge is 0.348 e. The molecule has 6 heteroatoms. The minimum Gasteiger partial charge on any atom is -0.386 e. The second kappa shape index (κ2) is 3.85. The molecule has 0 fully saturated rings. The monoisotopic (exact) mass is 526 g/mol. The lowest BCUT2D eigenvalue weighted by Crippen LogP contribution is -2.00. The van der Waals surface area contributed by atoms with Crippen molar-refractivity contribution in [3.63, 3.8) is 0 Å². The zero-order valence-corrected chi connectivity index (χ0v) is 12.9. The standard InChI is InChI=1S/C8HI3O3/c9-3-1-2-4(6(11)5(3)10)8(13)14-7(2)12/h1H. The molecule has 1 aliphatic heterocycles. The third-order valence-corrected chi connectivity index (χ3v) is 6.89. The van der Waals surface area contributed by atoms with E-state index in [2.05, 4.69) is 72.5 Å². The molecule has 0 saturated carbocycles. The zero-order valence-electron chi connectivity index (χ0n) is 6.44. The second-order valence-corrected chi connectivity index (χ2v) is 5.91. The lowest BCUT2D eigenvalue weighted by Gasteiger charge is -2.02. The Labute approximate surface area is 120 Å². The summed E-state index contributed by atoms with van der Waals surface area (Å²) < 4.78 is 7.26. The Morgan fingerprint density at radius 1 is 1.00 bits per heavy atom. The van der Waals surface area contributed by atoms with Gasteiger partial charge < -0.3 is 4.74 Å². The summed E-state index contributed by atoms with van der Waals surface area (Å²) in [6.45, 7) is 0. The van der Waals surface area contributed by atoms with Crippen LogP contribution in [0.3, 0.4) is 0 Å². The fourth-order valence-electron chi connectivity index (χ4n) is 1.15. The fraction of sp³-hybridized carbons (Fsp3) is 0. The Morgan fingerprint density at radius 3 is 2.29 bits per heavy atom. The molecule has 0 saturated heterocycles. The van der Waals surface area contributed by atoms with Gasteiger partial charge in [-0.15, -0.1) is 0 Å². The molecule has 0 radical (unpaired) electrons. The van der Waals surface area contributed by atoms with Gasteiger partial charge in [-0.25, -0.2) is 9.59 Å². The minimum atomic E-state index is -0.544. The van der Waals surface area contributed by atoms with Crippen molar-refractivity contribution in [3.05, 3.63) is 27.9 Å². The van der Waals surface area contributed by atoms with E-state index < -0.39 is 11.9 Å². The van der Waals surface area contributed by atoms with Crippen LogP contribution in [0, 0.1) is 10.7 Å². The highest BCUT2D eigenvalue weighted by atomic mass is 127. The highest BCUT2D eigenvalue weighted by Gasteiger charge is 2.33. The van der Waals surface area contributed by atoms with Gasteiger partial charge in [0.05, 0.1) is 11.1 Å². The van der Waals surface area contributed by atoms with Crippen LogP contribution in [-0.2, 0) is 4.74 Å². The van der Waals surface area contributed by atoms with Crippen molar-refractivity contribution in [1.82, 2.24) is 0 Å². The van der Waals surface area contributed by atoms with Crippen molar-refractivity contribution in [2.24, 2.45) is 0 Å². The number of fused-ring (bicyclic) bond motifs is 1. The normalized spacial score (nSPS) is 14.2. The summed E-state index contributed by atoms with van der Waals surface area (Å²) >= 11 is 6.33. The van der Waals surface area contributed by atoms with Crippen LogP contribution < -0.4 is 0 Å². The zero-order chi connectivity index (χ0) is 10.5. The summed E-state index contributed by atoms with van der Waals surface area (Å²) in [5, 5.41) is 0. The summed E-state index contributed by atoms with van der Waals surface area (Å²) in [6.07, 6.45) is 0. The van der Waals surface area contributed by atoms with Crippen molar-refractivity contribution in [2.45, 2.75) is 0 Å². The number of hydrogen-bond donors (Lipinski definition) is 0. The van der Waals surface area contributed by atoms with Gasteiger partial charge in [-0.1, -0.05) is 0 Å². The topological polar surface area (TPSA) is 43.4 Å². The SMILES string of the molecule is O=C1OC(=O)c2c1cc(I)c(I)c2I. The first-order valence-corrected chi connectivity index (χ1v) is 6.70. The van der Waals surface area contributed by atoms with Crippen LogP contribution in [0.25, 0.3) is 0 Å². The van der Waals surface area contributed by atoms with Crippen LogP contribution in [0.2, 0.25) is 0 Å². The predicted molar refractivity (Wildman–Crippen MR) is 74.3 cm³/mol. The maximum atomic E-state index is 11.3. The van der Waals surface area contributed by atoms with Gasteiger partial charge in [0.2, 0.25) is 0 Å². The van der Waals surface area contributed by atoms with E-state index in [1.165, 1.54) is 0 Å². The number of carbonyl (C=O) groups excluding carboxylic acids is 2. The van der Waals surface area contributed by atoms with Crippen LogP contribution >= 0.6 is 67.8 Å². The molecule has 2 rings (SSSR count). The highest BCUT2D eigenvalue weighted by Crippen LogP contribution is 2.31. The van der Waals surface area contributed by atoms with Crippen molar-refractivity contribution < 1.29 is 14.3 Å². The molecule has 0 unspecified atom stereocenters. The van der Waals surface area contributed by atoms with E-state index in [1.807, 2.05) is 0 Å². The Hall–Kier alpha value is 0.550. The Bertz CT molecular complexity index is 467. The lowest BCUT2D eigenvalue weighted by atomic mass is 10.1. The summed E-state index contributed by atoms with van der Waals surface area (Å²) in [6, 6.07) is 1.69. The quantitative estimate of drug-likeness (QED) is 0.226. The lowest BCUT2D eigenvalue weighted by molar-refractivity contribution is 0.0443. The summed E-state index contributed by atoms with van der Waals surface area (Å²) in [5.41, 5.74) is 0.782. The molecule has 0 aliphatic carbocycles. The average molecular weight is 526 g/mol. The summed E-state index contributed by atoms with van der Waals surface area (Å²) in [5.74, 6) is -1.08. The van der Waals surface area contributed by atoms with Crippen LogP contribution in [0.4, 0.5) is 0 Å². The van der Waals surface area contributed by atoms with Gasteiger partial charge in [0.1, 0.15) is 0 Å². The molecular formula is C8HI3O3. The molecule has 0 N–H and O–H groups in total. The third kappa shape index (κ3) is 1.58. The van der Waals surface area contributed by atoms with Gasteiger partial charge in [-0.05, 0) is 73.8 Å². The predicted octanol–water partition coefficient (Wildman–Crippen LogP) is 2.81. The number of ether oxygens (including phenoxy) is 1. The molecular weight excluding hydrogens is 525 g/mol. The van der Waals surface area contributed by atoms with Crippen LogP contribution in [0.5, 0.6) is 0 Å². The van der Waals surface area contributed by atoms with Crippen LogP contribution in [0.1, 0.15) is 20.7 Å². The summed E-state index contributed by atoms with van der Waals surface area (Å²) in [4.78, 5) is 22.5. The van der Waals surface area contributed by atoms with Crippen molar-refractivity contribution in [1.29, 1.82) is 0 Å². The number of benzene rings is 1. The first kappa shape index (κ1) is 11.0. The van der Waals surface area contributed by atoms with E-state index in [0.717, 1.165) is 10.7 Å². The van der Waals surface area contributed by atoms with Gasteiger partial charge in [-0.3, -0.25) is 0 Å². The number of halogens is 3. The van der Waals surface area contributed by atoms with Crippen molar-refractivity contribution in [2.75, 3.05) is 0 Å². The van der Waals surface area contributed by atoms with E-state index in [4.69, 9.17) is 0 Å². The van der Waals surface area contributed by atoms with Crippen LogP contribution in [0.15, 0.2) is 6.07 Å². The number of hydrogen-bond acceptors (Lipinski definition) is 3. The first-order valence-electron chi connectivity index (χ1n) is 3.46. The van der Waals surface area contributed by atoms with Crippen molar-refractivity contribution in [3.8, 4) is 0 Å². The molecule has 0 amide bonds. The van der Waals surface area contributed by atoms with E-state index in [1.54, 1.807) is 6.07 Å². The molecule has 0 atom stereocenters. The number of rotatable bonds is 0. The average Bonchev–Trinajstić information content (AvgIpc) is 2.38. The second-order valence-electron chi connectivity index (χ2n) is 2.59. The minimum absolute atomic E-state index is 0.379. The number of esters is 2. The van der Waals surface area contributed by atoms with E-state index in [9.17, 15) is 9.59 Å². The van der Waals surface area contributed by atoms with E-state index in [-0.39, 0.29) is 0 Å². The highest BCUT2D eigenvalue weighted by molar-refractivity contribution is 14.1. The molecule has 72 valence electrons. The number of cyclic esters (lactones) is 2. The Balaban J connectivity index is 2.82. The van der Waals surface area contributed by atoms with Gasteiger partial charge in [-0.2, -0.15) is 0 Å². The molecule has 1 heterocycles. The molecule has 1 aromatic rings. The maximum absolute atomic E-state index is 11.3. The van der Waals surface area contributed by atoms with E-state index >= 15 is 0 Å². The molecule has 0 spiro atoms. The molecule has 0 aromatic heterocycles.